The number of rotatable bonds is 6. The SMILES string of the molecule is O=C(O)CNc1ccc(O)cc1C(=O)OCc1ccccc1. The zero-order valence-corrected chi connectivity index (χ0v) is 11.7. The Kier molecular flexibility index (Phi) is 4.98. The number of phenolic OH excluding ortho intramolecular Hbond substituents is 1. The number of carboxylic acids is 1. The maximum atomic E-state index is 12.1. The molecule has 0 aliphatic heterocycles. The second kappa shape index (κ2) is 7.12. The highest BCUT2D eigenvalue weighted by atomic mass is 16.5. The van der Waals surface area contributed by atoms with Gasteiger partial charge in [-0.2, -0.15) is 0 Å². The summed E-state index contributed by atoms with van der Waals surface area (Å²) in [6.45, 7) is -0.253. The Labute approximate surface area is 127 Å². The summed E-state index contributed by atoms with van der Waals surface area (Å²) in [7, 11) is 0. The number of esters is 1. The number of aliphatic carboxylic acids is 1. The highest BCUT2D eigenvalue weighted by Gasteiger charge is 2.14. The van der Waals surface area contributed by atoms with Crippen LogP contribution in [0.5, 0.6) is 5.75 Å². The molecule has 114 valence electrons. The quantitative estimate of drug-likeness (QED) is 0.559. The molecule has 0 spiro atoms. The van der Waals surface area contributed by atoms with Crippen molar-refractivity contribution >= 4 is 17.6 Å². The molecule has 22 heavy (non-hydrogen) atoms. The number of hydrogen-bond donors (Lipinski definition) is 3. The summed E-state index contributed by atoms with van der Waals surface area (Å²) in [5.41, 5.74) is 1.20. The van der Waals surface area contributed by atoms with Crippen LogP contribution in [0.1, 0.15) is 15.9 Å². The standard InChI is InChI=1S/C16H15NO5/c18-12-6-7-14(17-9-15(19)20)13(8-12)16(21)22-10-11-4-2-1-3-5-11/h1-8,17-18H,9-10H2,(H,19,20). The summed E-state index contributed by atoms with van der Waals surface area (Å²) in [6.07, 6.45) is 0. The summed E-state index contributed by atoms with van der Waals surface area (Å²) in [4.78, 5) is 22.7. The lowest BCUT2D eigenvalue weighted by Crippen LogP contribution is -2.15. The Morgan fingerprint density at radius 3 is 2.50 bits per heavy atom. The lowest BCUT2D eigenvalue weighted by molar-refractivity contribution is -0.134. The van der Waals surface area contributed by atoms with Gasteiger partial charge in [-0.1, -0.05) is 30.3 Å². The topological polar surface area (TPSA) is 95.9 Å². The maximum Gasteiger partial charge on any atom is 0.340 e. The number of carbonyl (C=O) groups excluding carboxylic acids is 1. The Bertz CT molecular complexity index is 669. The van der Waals surface area contributed by atoms with Gasteiger partial charge in [0, 0.05) is 5.69 Å². The fraction of sp³-hybridized carbons (Fsp3) is 0.125. The van der Waals surface area contributed by atoms with Crippen LogP contribution < -0.4 is 5.32 Å². The first-order valence-corrected chi connectivity index (χ1v) is 6.56. The third-order valence-electron chi connectivity index (χ3n) is 2.87. The molecular weight excluding hydrogens is 286 g/mol. The predicted molar refractivity (Wildman–Crippen MR) is 79.8 cm³/mol. The molecule has 0 aliphatic carbocycles. The van der Waals surface area contributed by atoms with E-state index < -0.39 is 11.9 Å². The van der Waals surface area contributed by atoms with E-state index in [4.69, 9.17) is 9.84 Å². The lowest BCUT2D eigenvalue weighted by atomic mass is 10.1. The number of phenols is 1. The van der Waals surface area contributed by atoms with Crippen LogP contribution in [0, 0.1) is 0 Å². The van der Waals surface area contributed by atoms with Gasteiger partial charge in [0.25, 0.3) is 0 Å². The van der Waals surface area contributed by atoms with E-state index in [9.17, 15) is 14.7 Å². The van der Waals surface area contributed by atoms with Crippen LogP contribution in [-0.4, -0.2) is 28.7 Å². The van der Waals surface area contributed by atoms with Crippen LogP contribution in [0.15, 0.2) is 48.5 Å². The van der Waals surface area contributed by atoms with Crippen molar-refractivity contribution in [1.29, 1.82) is 0 Å². The van der Waals surface area contributed by atoms with Crippen LogP contribution in [0.25, 0.3) is 0 Å². The molecule has 0 aromatic heterocycles. The molecule has 0 aliphatic rings. The fourth-order valence-electron chi connectivity index (χ4n) is 1.83. The summed E-state index contributed by atoms with van der Waals surface area (Å²) in [6, 6.07) is 13.2. The number of hydrogen-bond acceptors (Lipinski definition) is 5. The van der Waals surface area contributed by atoms with Gasteiger partial charge in [0.15, 0.2) is 0 Å². The maximum absolute atomic E-state index is 12.1. The van der Waals surface area contributed by atoms with Crippen molar-refractivity contribution in [2.45, 2.75) is 6.61 Å². The molecule has 0 fully saturated rings. The van der Waals surface area contributed by atoms with E-state index in [0.717, 1.165) is 5.56 Å². The van der Waals surface area contributed by atoms with E-state index in [-0.39, 0.29) is 24.5 Å². The van der Waals surface area contributed by atoms with E-state index in [1.54, 1.807) is 0 Å². The average Bonchev–Trinajstić information content (AvgIpc) is 2.52. The Hall–Kier alpha value is -3.02. The van der Waals surface area contributed by atoms with Gasteiger partial charge in [-0.3, -0.25) is 4.79 Å². The predicted octanol–water partition coefficient (Wildman–Crippen LogP) is 2.25. The molecule has 2 rings (SSSR count). The van der Waals surface area contributed by atoms with Crippen molar-refractivity contribution < 1.29 is 24.5 Å². The molecule has 0 bridgehead atoms. The Morgan fingerprint density at radius 2 is 1.82 bits per heavy atom. The summed E-state index contributed by atoms with van der Waals surface area (Å²) in [5.74, 6) is -1.81. The minimum atomic E-state index is -1.06. The van der Waals surface area contributed by atoms with Crippen molar-refractivity contribution in [3.05, 3.63) is 59.7 Å². The molecule has 0 atom stereocenters. The molecule has 0 unspecified atom stereocenters. The molecule has 6 nitrogen and oxygen atoms in total. The summed E-state index contributed by atoms with van der Waals surface area (Å²) < 4.78 is 5.18. The first-order valence-electron chi connectivity index (χ1n) is 6.56. The first kappa shape index (κ1) is 15.4. The zero-order chi connectivity index (χ0) is 15.9. The van der Waals surface area contributed by atoms with Crippen LogP contribution in [-0.2, 0) is 16.1 Å². The molecular formula is C16H15NO5. The van der Waals surface area contributed by atoms with E-state index in [1.165, 1.54) is 18.2 Å². The number of anilines is 1. The van der Waals surface area contributed by atoms with Crippen molar-refractivity contribution in [2.24, 2.45) is 0 Å². The monoisotopic (exact) mass is 301 g/mol. The fourth-order valence-corrected chi connectivity index (χ4v) is 1.83. The van der Waals surface area contributed by atoms with Gasteiger partial charge < -0.3 is 20.3 Å². The van der Waals surface area contributed by atoms with Crippen LogP contribution in [0.2, 0.25) is 0 Å². The highest BCUT2D eigenvalue weighted by molar-refractivity contribution is 5.96. The molecule has 0 saturated heterocycles. The highest BCUT2D eigenvalue weighted by Crippen LogP contribution is 2.22. The summed E-state index contributed by atoms with van der Waals surface area (Å²) >= 11 is 0. The van der Waals surface area contributed by atoms with Crippen LogP contribution >= 0.6 is 0 Å². The molecule has 0 radical (unpaired) electrons. The molecule has 2 aromatic carbocycles. The number of carbonyl (C=O) groups is 2. The van der Waals surface area contributed by atoms with Gasteiger partial charge in [0.05, 0.1) is 5.56 Å². The normalized spacial score (nSPS) is 10.0. The number of aromatic hydroxyl groups is 1. The van der Waals surface area contributed by atoms with Crippen LogP contribution in [0.3, 0.4) is 0 Å². The molecule has 3 N–H and O–H groups in total. The number of carboxylic acid groups (broad SMARTS) is 1. The molecule has 6 heteroatoms. The minimum Gasteiger partial charge on any atom is -0.508 e. The Balaban J connectivity index is 2.10. The zero-order valence-electron chi connectivity index (χ0n) is 11.7. The van der Waals surface area contributed by atoms with Gasteiger partial charge in [-0.05, 0) is 23.8 Å². The number of ether oxygens (including phenoxy) is 1. The second-order valence-corrected chi connectivity index (χ2v) is 4.54. The molecule has 0 heterocycles. The summed E-state index contributed by atoms with van der Waals surface area (Å²) in [5, 5.41) is 20.8. The van der Waals surface area contributed by atoms with Crippen LogP contribution in [0.4, 0.5) is 5.69 Å². The van der Waals surface area contributed by atoms with Gasteiger partial charge in [0.2, 0.25) is 0 Å². The first-order chi connectivity index (χ1) is 10.6. The third kappa shape index (κ3) is 4.24. The smallest absolute Gasteiger partial charge is 0.340 e. The lowest BCUT2D eigenvalue weighted by Gasteiger charge is -2.11. The number of nitrogens with one attached hydrogen (secondary N) is 1. The number of benzene rings is 2. The van der Waals surface area contributed by atoms with E-state index in [0.29, 0.717) is 5.69 Å². The Morgan fingerprint density at radius 1 is 1.09 bits per heavy atom. The van der Waals surface area contributed by atoms with Crippen molar-refractivity contribution in [3.63, 3.8) is 0 Å². The molecule has 2 aromatic rings. The molecule has 0 saturated carbocycles. The van der Waals surface area contributed by atoms with E-state index in [1.807, 2.05) is 30.3 Å². The van der Waals surface area contributed by atoms with Crippen molar-refractivity contribution in [3.8, 4) is 5.75 Å². The largest absolute Gasteiger partial charge is 0.508 e. The van der Waals surface area contributed by atoms with E-state index in [2.05, 4.69) is 5.32 Å². The van der Waals surface area contributed by atoms with Gasteiger partial charge in [0.1, 0.15) is 18.9 Å². The third-order valence-corrected chi connectivity index (χ3v) is 2.87. The van der Waals surface area contributed by atoms with E-state index >= 15 is 0 Å². The molecule has 0 amide bonds. The van der Waals surface area contributed by atoms with Gasteiger partial charge >= 0.3 is 11.9 Å². The van der Waals surface area contributed by atoms with Crippen molar-refractivity contribution in [2.75, 3.05) is 11.9 Å². The van der Waals surface area contributed by atoms with Gasteiger partial charge in [-0.15, -0.1) is 0 Å². The van der Waals surface area contributed by atoms with Gasteiger partial charge in [-0.25, -0.2) is 4.79 Å². The second-order valence-electron chi connectivity index (χ2n) is 4.54. The minimum absolute atomic E-state index is 0.0807. The average molecular weight is 301 g/mol. The van der Waals surface area contributed by atoms with Crippen molar-refractivity contribution in [1.82, 2.24) is 0 Å².